The number of pyridine rings is 1. The molecule has 1 saturated heterocycles. The summed E-state index contributed by atoms with van der Waals surface area (Å²) in [6, 6.07) is 3.93. The Morgan fingerprint density at radius 3 is 2.92 bits per heavy atom. The minimum absolute atomic E-state index is 0.333. The van der Waals surface area contributed by atoms with Crippen LogP contribution in [-0.4, -0.2) is 38.4 Å². The number of hydrogen-bond acceptors (Lipinski definition) is 3. The lowest BCUT2D eigenvalue weighted by molar-refractivity contribution is -0.130. The highest BCUT2D eigenvalue weighted by molar-refractivity contribution is 5.76. The molecule has 4 rings (SSSR count). The Kier molecular flexibility index (Phi) is 4.25. The molecule has 1 aliphatic carbocycles. The van der Waals surface area contributed by atoms with Gasteiger partial charge in [0.05, 0.1) is 0 Å². The summed E-state index contributed by atoms with van der Waals surface area (Å²) in [5.41, 5.74) is 1.87. The van der Waals surface area contributed by atoms with Crippen molar-refractivity contribution >= 4 is 17.1 Å². The number of nitrogens with zero attached hydrogens (tertiary/aromatic N) is 4. The molecule has 0 aromatic carbocycles. The quantitative estimate of drug-likeness (QED) is 0.866. The molecule has 2 aliphatic rings. The van der Waals surface area contributed by atoms with Crippen LogP contribution in [0.5, 0.6) is 0 Å². The first kappa shape index (κ1) is 15.6. The predicted octanol–water partition coefficient (Wildman–Crippen LogP) is 3.25. The van der Waals surface area contributed by atoms with Crippen LogP contribution in [0.2, 0.25) is 0 Å². The summed E-state index contributed by atoms with van der Waals surface area (Å²) >= 11 is 0. The Labute approximate surface area is 143 Å². The van der Waals surface area contributed by atoms with E-state index in [2.05, 4.69) is 9.55 Å². The highest BCUT2D eigenvalue weighted by Crippen LogP contribution is 2.31. The molecule has 0 bridgehead atoms. The molecular weight excluding hydrogens is 300 g/mol. The number of amides is 1. The highest BCUT2D eigenvalue weighted by atomic mass is 16.2. The Balaban J connectivity index is 1.40. The zero-order valence-electron chi connectivity index (χ0n) is 14.4. The molecule has 3 heterocycles. The first-order valence-electron chi connectivity index (χ1n) is 9.27. The molecule has 0 unspecified atom stereocenters. The summed E-state index contributed by atoms with van der Waals surface area (Å²) < 4.78 is 2.09. The van der Waals surface area contributed by atoms with E-state index in [-0.39, 0.29) is 0 Å². The summed E-state index contributed by atoms with van der Waals surface area (Å²) in [6.45, 7) is 1.67. The number of aromatic nitrogens is 3. The predicted molar refractivity (Wildman–Crippen MR) is 93.6 cm³/mol. The minimum atomic E-state index is 0.333. The summed E-state index contributed by atoms with van der Waals surface area (Å²) in [5.74, 6) is 2.52. The van der Waals surface area contributed by atoms with E-state index in [0.29, 0.717) is 11.8 Å². The summed E-state index contributed by atoms with van der Waals surface area (Å²) in [5, 5.41) is 0. The molecule has 1 aliphatic heterocycles. The molecule has 0 N–H and O–H groups in total. The van der Waals surface area contributed by atoms with Crippen LogP contribution in [0.1, 0.15) is 56.7 Å². The van der Waals surface area contributed by atoms with Gasteiger partial charge in [0.15, 0.2) is 5.65 Å². The number of fused-ring (bicyclic) bond motifs is 1. The van der Waals surface area contributed by atoms with Crippen molar-refractivity contribution in [3.8, 4) is 0 Å². The maximum Gasteiger partial charge on any atom is 0.222 e. The highest BCUT2D eigenvalue weighted by Gasteiger charge is 2.30. The molecule has 1 amide bonds. The van der Waals surface area contributed by atoms with Gasteiger partial charge in [0.25, 0.3) is 0 Å². The Hall–Kier alpha value is -1.91. The number of carbonyl (C=O) groups is 1. The van der Waals surface area contributed by atoms with Gasteiger partial charge in [0.2, 0.25) is 5.91 Å². The van der Waals surface area contributed by atoms with Crippen LogP contribution in [0.15, 0.2) is 18.3 Å². The fraction of sp³-hybridized carbons (Fsp3) is 0.632. The van der Waals surface area contributed by atoms with Crippen molar-refractivity contribution in [2.45, 2.75) is 50.9 Å². The first-order valence-corrected chi connectivity index (χ1v) is 9.27. The minimum Gasteiger partial charge on any atom is -0.342 e. The van der Waals surface area contributed by atoms with Crippen molar-refractivity contribution in [1.29, 1.82) is 0 Å². The largest absolute Gasteiger partial charge is 0.342 e. The van der Waals surface area contributed by atoms with E-state index in [0.717, 1.165) is 55.3 Å². The van der Waals surface area contributed by atoms with Crippen LogP contribution >= 0.6 is 0 Å². The summed E-state index contributed by atoms with van der Waals surface area (Å²) in [4.78, 5) is 23.8. The molecular formula is C19H26N4O. The fourth-order valence-electron chi connectivity index (χ4n) is 4.39. The Morgan fingerprint density at radius 1 is 1.29 bits per heavy atom. The third-order valence-electron chi connectivity index (χ3n) is 5.81. The van der Waals surface area contributed by atoms with Crippen molar-refractivity contribution in [3.05, 3.63) is 24.2 Å². The molecule has 2 aromatic heterocycles. The number of likely N-dealkylation sites (tertiary alicyclic amines) is 1. The van der Waals surface area contributed by atoms with E-state index in [1.165, 1.54) is 25.7 Å². The lowest BCUT2D eigenvalue weighted by atomic mass is 10.0. The molecule has 2 aromatic rings. The summed E-state index contributed by atoms with van der Waals surface area (Å²) in [7, 11) is 2.03. The second-order valence-electron chi connectivity index (χ2n) is 7.39. The molecule has 2 fully saturated rings. The van der Waals surface area contributed by atoms with Gasteiger partial charge < -0.3 is 9.47 Å². The lowest BCUT2D eigenvalue weighted by Crippen LogP contribution is -2.28. The van der Waals surface area contributed by atoms with E-state index in [1.54, 1.807) is 6.20 Å². The molecule has 5 heteroatoms. The van der Waals surface area contributed by atoms with Crippen molar-refractivity contribution in [3.63, 3.8) is 0 Å². The third-order valence-corrected chi connectivity index (χ3v) is 5.81. The van der Waals surface area contributed by atoms with E-state index in [9.17, 15) is 4.79 Å². The molecule has 24 heavy (non-hydrogen) atoms. The van der Waals surface area contributed by atoms with Gasteiger partial charge in [-0.3, -0.25) is 4.79 Å². The van der Waals surface area contributed by atoms with E-state index < -0.39 is 0 Å². The third kappa shape index (κ3) is 2.92. The number of hydrogen-bond donors (Lipinski definition) is 0. The Bertz CT molecular complexity index is 732. The van der Waals surface area contributed by atoms with Crippen molar-refractivity contribution in [2.75, 3.05) is 13.1 Å². The van der Waals surface area contributed by atoms with Crippen LogP contribution < -0.4 is 0 Å². The van der Waals surface area contributed by atoms with Crippen LogP contribution in [0.4, 0.5) is 0 Å². The van der Waals surface area contributed by atoms with Gasteiger partial charge in [-0.1, -0.05) is 25.7 Å². The second kappa shape index (κ2) is 6.54. The van der Waals surface area contributed by atoms with E-state index in [4.69, 9.17) is 4.98 Å². The van der Waals surface area contributed by atoms with Gasteiger partial charge >= 0.3 is 0 Å². The van der Waals surface area contributed by atoms with Crippen LogP contribution in [0.3, 0.4) is 0 Å². The Morgan fingerprint density at radius 2 is 2.12 bits per heavy atom. The van der Waals surface area contributed by atoms with Crippen LogP contribution in [0, 0.1) is 5.92 Å². The number of carbonyl (C=O) groups excluding carboxylic acids is 1. The molecule has 128 valence electrons. The molecule has 1 atom stereocenters. The maximum absolute atomic E-state index is 12.5. The van der Waals surface area contributed by atoms with Gasteiger partial charge in [0.1, 0.15) is 11.3 Å². The SMILES string of the molecule is Cn1c([C@@H]2CCN(C(=O)CCC3CCCC3)C2)nc2cccnc21. The maximum atomic E-state index is 12.5. The van der Waals surface area contributed by atoms with Crippen molar-refractivity contribution < 1.29 is 4.79 Å². The molecule has 5 nitrogen and oxygen atoms in total. The zero-order valence-corrected chi connectivity index (χ0v) is 14.4. The number of aryl methyl sites for hydroxylation is 1. The first-order chi connectivity index (χ1) is 11.7. The van der Waals surface area contributed by atoms with Crippen LogP contribution in [0.25, 0.3) is 11.2 Å². The van der Waals surface area contributed by atoms with Gasteiger partial charge in [0, 0.05) is 38.7 Å². The average Bonchev–Trinajstić information content (AvgIpc) is 3.33. The van der Waals surface area contributed by atoms with Gasteiger partial charge in [-0.25, -0.2) is 9.97 Å². The van der Waals surface area contributed by atoms with Gasteiger partial charge in [-0.2, -0.15) is 0 Å². The zero-order chi connectivity index (χ0) is 16.5. The fourth-order valence-corrected chi connectivity index (χ4v) is 4.39. The lowest BCUT2D eigenvalue weighted by Gasteiger charge is -2.17. The van der Waals surface area contributed by atoms with Crippen LogP contribution in [-0.2, 0) is 11.8 Å². The van der Waals surface area contributed by atoms with Gasteiger partial charge in [-0.15, -0.1) is 0 Å². The number of imidazole rings is 1. The topological polar surface area (TPSA) is 51.0 Å². The van der Waals surface area contributed by atoms with E-state index in [1.807, 2.05) is 24.1 Å². The monoisotopic (exact) mass is 326 g/mol. The normalized spacial score (nSPS) is 21.9. The standard InChI is InChI=1S/C19H26N4O/c1-22-18(21-16-7-4-11-20-19(16)22)15-10-12-23(13-15)17(24)9-8-14-5-2-3-6-14/h4,7,11,14-15H,2-3,5-6,8-10,12-13H2,1H3/t15-/m1/s1. The molecule has 1 saturated carbocycles. The molecule has 0 radical (unpaired) electrons. The van der Waals surface area contributed by atoms with E-state index >= 15 is 0 Å². The van der Waals surface area contributed by atoms with Crippen molar-refractivity contribution in [1.82, 2.24) is 19.4 Å². The van der Waals surface area contributed by atoms with Gasteiger partial charge in [-0.05, 0) is 30.9 Å². The average molecular weight is 326 g/mol. The number of rotatable bonds is 4. The summed E-state index contributed by atoms with van der Waals surface area (Å²) in [6.07, 6.45) is 9.97. The smallest absolute Gasteiger partial charge is 0.222 e. The second-order valence-corrected chi connectivity index (χ2v) is 7.39. The van der Waals surface area contributed by atoms with Crippen molar-refractivity contribution in [2.24, 2.45) is 13.0 Å². The molecule has 0 spiro atoms.